The molecule has 1 fully saturated rings. The topological polar surface area (TPSA) is 104 Å². The van der Waals surface area contributed by atoms with E-state index >= 15 is 0 Å². The van der Waals surface area contributed by atoms with E-state index in [4.69, 9.17) is 11.6 Å². The van der Waals surface area contributed by atoms with Crippen LogP contribution in [0.1, 0.15) is 17.2 Å². The average Bonchev–Trinajstić information content (AvgIpc) is 3.32. The number of rotatable bonds is 3. The molecule has 4 aromatic rings. The number of aliphatic hydroxyl groups excluding tert-OH is 1. The van der Waals surface area contributed by atoms with E-state index in [1.165, 1.54) is 40.8 Å². The third-order valence-electron chi connectivity index (χ3n) is 5.13. The van der Waals surface area contributed by atoms with Crippen molar-refractivity contribution in [2.45, 2.75) is 6.04 Å². The number of hydrogen-bond donors (Lipinski definition) is 2. The maximum absolute atomic E-state index is 13.2. The molecular formula is C23H14ClN3O4S. The van der Waals surface area contributed by atoms with Gasteiger partial charge in [0, 0.05) is 23.0 Å². The first kappa shape index (κ1) is 20.2. The zero-order valence-electron chi connectivity index (χ0n) is 16.3. The zero-order valence-corrected chi connectivity index (χ0v) is 17.8. The van der Waals surface area contributed by atoms with Crippen LogP contribution in [-0.4, -0.2) is 31.9 Å². The maximum Gasteiger partial charge on any atom is 0.301 e. The third kappa shape index (κ3) is 3.30. The second kappa shape index (κ2) is 7.74. The minimum absolute atomic E-state index is 0.0342. The van der Waals surface area contributed by atoms with Gasteiger partial charge in [-0.15, -0.1) is 0 Å². The molecule has 1 aliphatic rings. The van der Waals surface area contributed by atoms with Crippen LogP contribution in [0, 0.1) is 0 Å². The normalized spacial score (nSPS) is 17.9. The van der Waals surface area contributed by atoms with E-state index in [0.717, 1.165) is 4.70 Å². The summed E-state index contributed by atoms with van der Waals surface area (Å²) >= 11 is 7.29. The van der Waals surface area contributed by atoms with E-state index in [-0.39, 0.29) is 22.2 Å². The lowest BCUT2D eigenvalue weighted by Crippen LogP contribution is -2.29. The van der Waals surface area contributed by atoms with Gasteiger partial charge in [-0.25, -0.2) is 4.98 Å². The second-order valence-corrected chi connectivity index (χ2v) is 8.55. The number of phenolic OH excluding ortho intramolecular Hbond substituents is 1. The summed E-state index contributed by atoms with van der Waals surface area (Å²) in [4.78, 5) is 36.0. The molecule has 0 saturated carbocycles. The minimum atomic E-state index is -0.980. The van der Waals surface area contributed by atoms with Gasteiger partial charge < -0.3 is 10.2 Å². The summed E-state index contributed by atoms with van der Waals surface area (Å²) in [6.07, 6.45) is 2.96. The van der Waals surface area contributed by atoms with Gasteiger partial charge in [0.1, 0.15) is 11.5 Å². The van der Waals surface area contributed by atoms with Crippen molar-refractivity contribution >= 4 is 55.7 Å². The third-order valence-corrected chi connectivity index (χ3v) is 6.38. The number of amides is 1. The van der Waals surface area contributed by atoms with Gasteiger partial charge in [-0.2, -0.15) is 0 Å². The number of pyridine rings is 1. The van der Waals surface area contributed by atoms with Crippen molar-refractivity contribution in [1.29, 1.82) is 0 Å². The van der Waals surface area contributed by atoms with E-state index in [2.05, 4.69) is 9.97 Å². The summed E-state index contributed by atoms with van der Waals surface area (Å²) in [5.74, 6) is -2.03. The number of hydrogen-bond acceptors (Lipinski definition) is 7. The van der Waals surface area contributed by atoms with Crippen molar-refractivity contribution < 1.29 is 19.8 Å². The monoisotopic (exact) mass is 463 g/mol. The highest BCUT2D eigenvalue weighted by atomic mass is 35.5. The Kier molecular flexibility index (Phi) is 4.88. The highest BCUT2D eigenvalue weighted by Gasteiger charge is 2.48. The van der Waals surface area contributed by atoms with Crippen LogP contribution in [0.15, 0.2) is 72.6 Å². The fourth-order valence-electron chi connectivity index (χ4n) is 3.69. The van der Waals surface area contributed by atoms with E-state index in [0.29, 0.717) is 21.7 Å². The number of fused-ring (bicyclic) bond motifs is 1. The molecule has 2 N–H and O–H groups in total. The molecular weight excluding hydrogens is 450 g/mol. The fraction of sp³-hybridized carbons (Fsp3) is 0.0435. The molecule has 1 atom stereocenters. The van der Waals surface area contributed by atoms with Crippen LogP contribution >= 0.6 is 22.9 Å². The lowest BCUT2D eigenvalue weighted by Gasteiger charge is -2.23. The molecule has 0 radical (unpaired) electrons. The summed E-state index contributed by atoms with van der Waals surface area (Å²) in [6.45, 7) is 0. The Morgan fingerprint density at radius 3 is 2.59 bits per heavy atom. The summed E-state index contributed by atoms with van der Waals surface area (Å²) in [5.41, 5.74) is 1.33. The molecule has 7 nitrogen and oxygen atoms in total. The molecule has 32 heavy (non-hydrogen) atoms. The van der Waals surface area contributed by atoms with Gasteiger partial charge in [0.2, 0.25) is 0 Å². The number of benzene rings is 2. The summed E-state index contributed by atoms with van der Waals surface area (Å²) < 4.78 is 0.748. The Morgan fingerprint density at radius 1 is 1.06 bits per heavy atom. The Labute approximate surface area is 190 Å². The van der Waals surface area contributed by atoms with Gasteiger partial charge in [-0.1, -0.05) is 35.1 Å². The van der Waals surface area contributed by atoms with Crippen LogP contribution in [0.5, 0.6) is 5.75 Å². The van der Waals surface area contributed by atoms with Crippen molar-refractivity contribution in [1.82, 2.24) is 9.97 Å². The first-order chi connectivity index (χ1) is 15.4. The Hall–Kier alpha value is -3.75. The van der Waals surface area contributed by atoms with Gasteiger partial charge in [0.15, 0.2) is 5.13 Å². The highest BCUT2D eigenvalue weighted by Crippen LogP contribution is 2.44. The summed E-state index contributed by atoms with van der Waals surface area (Å²) in [7, 11) is 0. The first-order valence-corrected chi connectivity index (χ1v) is 10.7. The SMILES string of the molecule is O=C1C(=O)N(c2nc3ccc(Cl)cc3s2)C(c2cccc(O)c2)C1=C(O)c1ccncc1. The summed E-state index contributed by atoms with van der Waals surface area (Å²) in [6, 6.07) is 13.5. The van der Waals surface area contributed by atoms with Gasteiger partial charge in [-0.05, 0) is 48.0 Å². The van der Waals surface area contributed by atoms with Crippen molar-refractivity contribution in [3.8, 4) is 5.75 Å². The molecule has 9 heteroatoms. The highest BCUT2D eigenvalue weighted by molar-refractivity contribution is 7.22. The van der Waals surface area contributed by atoms with Crippen LogP contribution in [0.2, 0.25) is 5.02 Å². The predicted molar refractivity (Wildman–Crippen MR) is 122 cm³/mol. The molecule has 0 spiro atoms. The van der Waals surface area contributed by atoms with Crippen LogP contribution in [-0.2, 0) is 9.59 Å². The Bertz CT molecular complexity index is 1420. The number of carbonyl (C=O) groups excluding carboxylic acids is 2. The smallest absolute Gasteiger partial charge is 0.301 e. The number of aromatic nitrogens is 2. The zero-order chi connectivity index (χ0) is 22.4. The molecule has 3 heterocycles. The molecule has 1 saturated heterocycles. The van der Waals surface area contributed by atoms with E-state index in [1.54, 1.807) is 42.5 Å². The largest absolute Gasteiger partial charge is 0.508 e. The lowest BCUT2D eigenvalue weighted by atomic mass is 9.95. The van der Waals surface area contributed by atoms with Gasteiger partial charge in [0.05, 0.1) is 21.8 Å². The molecule has 5 rings (SSSR count). The Morgan fingerprint density at radius 2 is 1.84 bits per heavy atom. The van der Waals surface area contributed by atoms with Crippen molar-refractivity contribution in [3.05, 3.63) is 88.7 Å². The maximum atomic E-state index is 13.2. The minimum Gasteiger partial charge on any atom is -0.508 e. The molecule has 2 aromatic heterocycles. The number of Topliss-reactive ketones (excluding diaryl/α,β-unsaturated/α-hetero) is 1. The fourth-order valence-corrected chi connectivity index (χ4v) is 4.96. The molecule has 1 unspecified atom stereocenters. The van der Waals surface area contributed by atoms with E-state index in [1.807, 2.05) is 0 Å². The number of ketones is 1. The summed E-state index contributed by atoms with van der Waals surface area (Å²) in [5, 5.41) is 21.9. The quantitative estimate of drug-likeness (QED) is 0.260. The Balaban J connectivity index is 1.75. The molecule has 158 valence electrons. The van der Waals surface area contributed by atoms with Crippen LogP contribution in [0.4, 0.5) is 5.13 Å². The molecule has 1 amide bonds. The predicted octanol–water partition coefficient (Wildman–Crippen LogP) is 4.68. The molecule has 0 aliphatic carbocycles. The number of carbonyl (C=O) groups is 2. The van der Waals surface area contributed by atoms with Gasteiger partial charge >= 0.3 is 5.91 Å². The number of aliphatic hydroxyl groups is 1. The van der Waals surface area contributed by atoms with Crippen molar-refractivity contribution in [3.63, 3.8) is 0 Å². The van der Waals surface area contributed by atoms with Crippen molar-refractivity contribution in [2.75, 3.05) is 4.90 Å². The number of nitrogens with zero attached hydrogens (tertiary/aromatic N) is 3. The second-order valence-electron chi connectivity index (χ2n) is 7.11. The molecule has 2 aromatic carbocycles. The van der Waals surface area contributed by atoms with Gasteiger partial charge in [-0.3, -0.25) is 19.5 Å². The average molecular weight is 464 g/mol. The van der Waals surface area contributed by atoms with E-state index < -0.39 is 17.7 Å². The molecule has 1 aliphatic heterocycles. The van der Waals surface area contributed by atoms with Gasteiger partial charge in [0.25, 0.3) is 5.78 Å². The number of aromatic hydroxyl groups is 1. The number of thiazole rings is 1. The van der Waals surface area contributed by atoms with Crippen LogP contribution in [0.3, 0.4) is 0 Å². The number of halogens is 1. The lowest BCUT2D eigenvalue weighted by molar-refractivity contribution is -0.132. The molecule has 0 bridgehead atoms. The van der Waals surface area contributed by atoms with Crippen LogP contribution < -0.4 is 4.90 Å². The number of phenols is 1. The number of anilines is 1. The van der Waals surface area contributed by atoms with Crippen molar-refractivity contribution in [2.24, 2.45) is 0 Å². The first-order valence-electron chi connectivity index (χ1n) is 9.50. The van der Waals surface area contributed by atoms with E-state index in [9.17, 15) is 19.8 Å². The van der Waals surface area contributed by atoms with Crippen LogP contribution in [0.25, 0.3) is 16.0 Å². The standard InChI is InChI=1S/C23H14ClN3O4S/c24-14-4-5-16-17(11-14)32-23(26-16)27-19(13-2-1-3-15(28)10-13)18(21(30)22(27)31)20(29)12-6-8-25-9-7-12/h1-11,19,28-29H.